The second-order valence-corrected chi connectivity index (χ2v) is 8.32. The maximum absolute atomic E-state index is 10.8. The first-order chi connectivity index (χ1) is 11.3. The van der Waals surface area contributed by atoms with Crippen molar-refractivity contribution in [2.75, 3.05) is 13.1 Å². The molecule has 0 spiro atoms. The smallest absolute Gasteiger partial charge is 0.0956 e. The molecule has 1 saturated carbocycles. The van der Waals surface area contributed by atoms with Crippen molar-refractivity contribution >= 4 is 11.9 Å². The van der Waals surface area contributed by atoms with Crippen LogP contribution in [0.1, 0.15) is 30.9 Å². The minimum atomic E-state index is -0.276. The fraction of sp³-hybridized carbons (Fsp3) is 0.500. The Balaban J connectivity index is 1.43. The lowest BCUT2D eigenvalue weighted by molar-refractivity contribution is 0.0374. The summed E-state index contributed by atoms with van der Waals surface area (Å²) in [5.74, 6) is 0.266. The summed E-state index contributed by atoms with van der Waals surface area (Å²) in [6.07, 6.45) is 7.32. The number of hydrogen-bond acceptors (Lipinski definition) is 4. The van der Waals surface area contributed by atoms with E-state index in [0.29, 0.717) is 0 Å². The number of benzene rings is 1. The van der Waals surface area contributed by atoms with Crippen LogP contribution in [-0.4, -0.2) is 43.4 Å². The maximum atomic E-state index is 10.8. The Bertz CT molecular complexity index is 727. The minimum absolute atomic E-state index is 0.228. The zero-order chi connectivity index (χ0) is 15.4. The van der Waals surface area contributed by atoms with Crippen LogP contribution in [-0.2, 0) is 0 Å². The van der Waals surface area contributed by atoms with Gasteiger partial charge in [0.2, 0.25) is 0 Å². The van der Waals surface area contributed by atoms with Gasteiger partial charge in [-0.25, -0.2) is 9.29 Å². The third kappa shape index (κ3) is 2.33. The molecule has 23 heavy (non-hydrogen) atoms. The van der Waals surface area contributed by atoms with E-state index in [-0.39, 0.29) is 18.1 Å². The van der Waals surface area contributed by atoms with Crippen molar-refractivity contribution in [2.24, 2.45) is 5.92 Å². The Morgan fingerprint density at radius 2 is 2.04 bits per heavy atom. The van der Waals surface area contributed by atoms with Gasteiger partial charge < -0.3 is 9.67 Å². The van der Waals surface area contributed by atoms with Crippen molar-refractivity contribution < 1.29 is 5.11 Å². The predicted octanol–water partition coefficient (Wildman–Crippen LogP) is 2.95. The highest BCUT2D eigenvalue weighted by atomic mass is 32.2. The quantitative estimate of drug-likeness (QED) is 0.880. The van der Waals surface area contributed by atoms with Crippen LogP contribution < -0.4 is 0 Å². The number of piperidine rings is 1. The third-order valence-corrected chi connectivity index (χ3v) is 6.75. The first kappa shape index (κ1) is 14.1. The number of aliphatic hydroxyl groups excluding tert-OH is 1. The van der Waals surface area contributed by atoms with Gasteiger partial charge in [0, 0.05) is 29.8 Å². The molecule has 2 fully saturated rings. The lowest BCUT2D eigenvalue weighted by Crippen LogP contribution is -2.44. The van der Waals surface area contributed by atoms with E-state index in [2.05, 4.69) is 38.1 Å². The number of aromatic nitrogens is 2. The summed E-state index contributed by atoms with van der Waals surface area (Å²) in [5.41, 5.74) is 3.81. The highest BCUT2D eigenvalue weighted by Gasteiger charge is 2.41. The normalized spacial score (nSPS) is 30.2. The van der Waals surface area contributed by atoms with Crippen LogP contribution >= 0.6 is 11.9 Å². The van der Waals surface area contributed by atoms with Gasteiger partial charge in [0.1, 0.15) is 0 Å². The fourth-order valence-corrected chi connectivity index (χ4v) is 5.30. The summed E-state index contributed by atoms with van der Waals surface area (Å²) >= 11 is 1.96. The Hall–Kier alpha value is -1.30. The summed E-state index contributed by atoms with van der Waals surface area (Å²) in [4.78, 5) is 4.34. The molecule has 1 aliphatic carbocycles. The third-order valence-electron chi connectivity index (χ3n) is 5.35. The predicted molar refractivity (Wildman–Crippen MR) is 92.1 cm³/mol. The highest BCUT2D eigenvalue weighted by molar-refractivity contribution is 7.97. The lowest BCUT2D eigenvalue weighted by atomic mass is 9.84. The van der Waals surface area contributed by atoms with Crippen molar-refractivity contribution in [3.8, 4) is 11.3 Å². The molecular weight excluding hydrogens is 306 g/mol. The molecule has 1 aromatic heterocycles. The Morgan fingerprint density at radius 3 is 2.87 bits per heavy atom. The van der Waals surface area contributed by atoms with Gasteiger partial charge in [0.25, 0.3) is 0 Å². The van der Waals surface area contributed by atoms with Crippen molar-refractivity contribution in [3.63, 3.8) is 0 Å². The first-order valence-electron chi connectivity index (χ1n) is 8.52. The number of fused-ring (bicyclic) bond motifs is 3. The molecule has 0 bridgehead atoms. The molecule has 0 amide bonds. The molecule has 1 aromatic carbocycles. The Kier molecular flexibility index (Phi) is 3.28. The number of β-amino-alcohol motifs (C(OH)–C–C–N with tert-alkyl or cyclic N) is 1. The van der Waals surface area contributed by atoms with E-state index in [9.17, 15) is 5.11 Å². The number of imidazole rings is 1. The minimum Gasteiger partial charge on any atom is -0.391 e. The van der Waals surface area contributed by atoms with Gasteiger partial charge in [-0.05, 0) is 24.8 Å². The van der Waals surface area contributed by atoms with Gasteiger partial charge in [0.05, 0.1) is 30.4 Å². The van der Waals surface area contributed by atoms with E-state index in [0.717, 1.165) is 24.8 Å². The summed E-state index contributed by atoms with van der Waals surface area (Å²) in [7, 11) is 0. The molecule has 3 atom stereocenters. The molecule has 2 aromatic rings. The van der Waals surface area contributed by atoms with Crippen molar-refractivity contribution in [1.82, 2.24) is 13.9 Å². The summed E-state index contributed by atoms with van der Waals surface area (Å²) in [5, 5.41) is 11.6. The van der Waals surface area contributed by atoms with E-state index in [1.54, 1.807) is 0 Å². The summed E-state index contributed by atoms with van der Waals surface area (Å²) < 4.78 is 4.65. The average Bonchev–Trinajstić information content (AvgIpc) is 3.14. The van der Waals surface area contributed by atoms with Crippen molar-refractivity contribution in [2.45, 2.75) is 36.7 Å². The number of rotatable bonds is 3. The van der Waals surface area contributed by atoms with E-state index in [4.69, 9.17) is 0 Å². The summed E-state index contributed by atoms with van der Waals surface area (Å²) in [6, 6.07) is 8.81. The highest BCUT2D eigenvalue weighted by Crippen LogP contribution is 2.46. The van der Waals surface area contributed by atoms with Crippen LogP contribution in [0, 0.1) is 5.92 Å². The molecule has 3 heterocycles. The van der Waals surface area contributed by atoms with Gasteiger partial charge >= 0.3 is 0 Å². The van der Waals surface area contributed by atoms with Crippen molar-refractivity contribution in [3.05, 3.63) is 42.4 Å². The molecule has 3 aliphatic rings. The van der Waals surface area contributed by atoms with Gasteiger partial charge in [-0.1, -0.05) is 36.2 Å². The number of aliphatic hydroxyl groups is 1. The Labute approximate surface area is 140 Å². The van der Waals surface area contributed by atoms with Gasteiger partial charge in [-0.3, -0.25) is 0 Å². The second-order valence-electron chi connectivity index (χ2n) is 6.93. The molecular formula is C18H21N3OS. The maximum Gasteiger partial charge on any atom is 0.0956 e. The molecule has 1 N–H and O–H groups in total. The van der Waals surface area contributed by atoms with Crippen LogP contribution in [0.4, 0.5) is 0 Å². The van der Waals surface area contributed by atoms with Crippen LogP contribution in [0.25, 0.3) is 11.3 Å². The first-order valence-corrected chi connectivity index (χ1v) is 9.36. The van der Waals surface area contributed by atoms with Crippen LogP contribution in [0.2, 0.25) is 0 Å². The molecule has 3 unspecified atom stereocenters. The zero-order valence-electron chi connectivity index (χ0n) is 13.0. The lowest BCUT2D eigenvalue weighted by Gasteiger charge is -2.38. The van der Waals surface area contributed by atoms with E-state index >= 15 is 0 Å². The average molecular weight is 327 g/mol. The Morgan fingerprint density at radius 1 is 1.17 bits per heavy atom. The van der Waals surface area contributed by atoms with E-state index in [1.165, 1.54) is 29.7 Å². The topological polar surface area (TPSA) is 41.3 Å². The largest absolute Gasteiger partial charge is 0.391 e. The van der Waals surface area contributed by atoms with Crippen LogP contribution in [0.5, 0.6) is 0 Å². The van der Waals surface area contributed by atoms with Gasteiger partial charge in [0.15, 0.2) is 0 Å². The molecule has 5 heteroatoms. The molecule has 5 rings (SSSR count). The van der Waals surface area contributed by atoms with E-state index < -0.39 is 0 Å². The number of nitrogens with zero attached hydrogens (tertiary/aromatic N) is 3. The number of hydrogen-bond donors (Lipinski definition) is 1. The van der Waals surface area contributed by atoms with Gasteiger partial charge in [-0.2, -0.15) is 0 Å². The van der Waals surface area contributed by atoms with Crippen molar-refractivity contribution in [1.29, 1.82) is 0 Å². The second kappa shape index (κ2) is 5.36. The van der Waals surface area contributed by atoms with Crippen LogP contribution in [0.3, 0.4) is 0 Å². The molecule has 1 saturated heterocycles. The molecule has 120 valence electrons. The summed E-state index contributed by atoms with van der Waals surface area (Å²) in [6.45, 7) is 1.86. The van der Waals surface area contributed by atoms with E-state index in [1.807, 2.05) is 24.5 Å². The van der Waals surface area contributed by atoms with Gasteiger partial charge in [-0.15, -0.1) is 0 Å². The molecule has 2 aliphatic heterocycles. The monoisotopic (exact) mass is 327 g/mol. The van der Waals surface area contributed by atoms with Crippen LogP contribution in [0.15, 0.2) is 36.8 Å². The SMILES string of the molecule is OC1CN(SC2CC2)CCC1C1c2ccccc2-c2cncn21. The standard InChI is InChI=1S/C18H21N3OS/c22-17-10-20(23-12-5-6-12)8-7-15(17)18-14-4-2-1-3-13(14)16-9-19-11-21(16)18/h1-4,9,11-12,15,17-18,22H,5-8,10H2. The zero-order valence-corrected chi connectivity index (χ0v) is 13.8. The molecule has 4 nitrogen and oxygen atoms in total. The fourth-order valence-electron chi connectivity index (χ4n) is 4.08. The molecule has 0 radical (unpaired) electrons.